The van der Waals surface area contributed by atoms with Crippen molar-refractivity contribution in [2.45, 2.75) is 44.6 Å². The Morgan fingerprint density at radius 3 is 2.79 bits per heavy atom. The lowest BCUT2D eigenvalue weighted by atomic mass is 9.90. The van der Waals surface area contributed by atoms with Gasteiger partial charge in [-0.1, -0.05) is 29.5 Å². The summed E-state index contributed by atoms with van der Waals surface area (Å²) in [5.74, 6) is 0.0305. The third-order valence-corrected chi connectivity index (χ3v) is 6.82. The highest BCUT2D eigenvalue weighted by molar-refractivity contribution is 7.22. The lowest BCUT2D eigenvalue weighted by Gasteiger charge is -2.24. The van der Waals surface area contributed by atoms with E-state index in [2.05, 4.69) is 18.2 Å². The summed E-state index contributed by atoms with van der Waals surface area (Å²) in [6.45, 7) is 1.35. The molecule has 28 heavy (non-hydrogen) atoms. The van der Waals surface area contributed by atoms with E-state index in [0.29, 0.717) is 6.54 Å². The van der Waals surface area contributed by atoms with Crippen molar-refractivity contribution in [3.05, 3.63) is 59.2 Å². The third-order valence-electron chi connectivity index (χ3n) is 5.76. The van der Waals surface area contributed by atoms with E-state index in [0.717, 1.165) is 53.2 Å². The maximum absolute atomic E-state index is 13.5. The first-order valence-electron chi connectivity index (χ1n) is 10.2. The van der Waals surface area contributed by atoms with Crippen molar-refractivity contribution in [3.8, 4) is 0 Å². The molecule has 0 spiro atoms. The Kier molecular flexibility index (Phi) is 4.87. The summed E-state index contributed by atoms with van der Waals surface area (Å²) < 4.78 is 6.94. The molecule has 4 nitrogen and oxygen atoms in total. The Morgan fingerprint density at radius 1 is 1.11 bits per heavy atom. The summed E-state index contributed by atoms with van der Waals surface area (Å²) in [6.07, 6.45) is 6.81. The van der Waals surface area contributed by atoms with Gasteiger partial charge < -0.3 is 4.74 Å². The molecule has 2 heterocycles. The number of benzene rings is 2. The number of anilines is 1. The zero-order valence-corrected chi connectivity index (χ0v) is 16.7. The van der Waals surface area contributed by atoms with Crippen LogP contribution in [0.1, 0.15) is 47.2 Å². The first-order chi connectivity index (χ1) is 13.8. The molecular weight excluding hydrogens is 368 g/mol. The number of amides is 1. The Bertz CT molecular complexity index is 974. The van der Waals surface area contributed by atoms with Gasteiger partial charge in [-0.2, -0.15) is 0 Å². The van der Waals surface area contributed by atoms with Crippen LogP contribution in [0.3, 0.4) is 0 Å². The average molecular weight is 393 g/mol. The summed E-state index contributed by atoms with van der Waals surface area (Å²) >= 11 is 1.58. The molecule has 1 aliphatic carbocycles. The van der Waals surface area contributed by atoms with Gasteiger partial charge in [-0.15, -0.1) is 0 Å². The molecule has 5 heteroatoms. The molecule has 144 valence electrons. The van der Waals surface area contributed by atoms with Crippen molar-refractivity contribution in [1.82, 2.24) is 4.98 Å². The predicted molar refractivity (Wildman–Crippen MR) is 113 cm³/mol. The van der Waals surface area contributed by atoms with Crippen molar-refractivity contribution in [1.29, 1.82) is 0 Å². The van der Waals surface area contributed by atoms with Crippen molar-refractivity contribution in [2.75, 3.05) is 18.1 Å². The van der Waals surface area contributed by atoms with Crippen LogP contribution in [0.5, 0.6) is 0 Å². The van der Waals surface area contributed by atoms with Crippen LogP contribution in [0.2, 0.25) is 0 Å². The number of hydrogen-bond donors (Lipinski definition) is 0. The van der Waals surface area contributed by atoms with Gasteiger partial charge in [0.1, 0.15) is 0 Å². The number of rotatable bonds is 4. The maximum atomic E-state index is 13.5. The van der Waals surface area contributed by atoms with E-state index < -0.39 is 0 Å². The van der Waals surface area contributed by atoms with Gasteiger partial charge in [0.2, 0.25) is 0 Å². The number of para-hydroxylation sites is 1. The third kappa shape index (κ3) is 3.45. The minimum absolute atomic E-state index is 0.0305. The zero-order chi connectivity index (χ0) is 18.9. The topological polar surface area (TPSA) is 42.4 Å². The molecule has 0 N–H and O–H groups in total. The monoisotopic (exact) mass is 392 g/mol. The van der Waals surface area contributed by atoms with Crippen LogP contribution >= 0.6 is 11.3 Å². The number of aryl methyl sites for hydroxylation is 2. The zero-order valence-electron chi connectivity index (χ0n) is 15.9. The van der Waals surface area contributed by atoms with E-state index in [1.165, 1.54) is 24.0 Å². The fourth-order valence-corrected chi connectivity index (χ4v) is 5.21. The number of fused-ring (bicyclic) bond motifs is 2. The largest absolute Gasteiger partial charge is 0.376 e. The van der Waals surface area contributed by atoms with Crippen molar-refractivity contribution < 1.29 is 9.53 Å². The van der Waals surface area contributed by atoms with Crippen LogP contribution in [0.4, 0.5) is 5.13 Å². The number of carbonyl (C=O) groups is 1. The van der Waals surface area contributed by atoms with Gasteiger partial charge in [0.15, 0.2) is 5.13 Å². The Hall–Kier alpha value is -2.24. The molecule has 1 aliphatic heterocycles. The SMILES string of the molecule is O=C(c1ccc2c(c1)CCCC2)N(CC1CCCO1)c1nc2ccccc2s1. The lowest BCUT2D eigenvalue weighted by molar-refractivity contribution is 0.0917. The molecule has 3 aromatic rings. The van der Waals surface area contributed by atoms with Gasteiger partial charge in [-0.05, 0) is 73.9 Å². The summed E-state index contributed by atoms with van der Waals surface area (Å²) in [5.41, 5.74) is 4.43. The van der Waals surface area contributed by atoms with E-state index in [1.807, 2.05) is 29.2 Å². The molecular formula is C23H24N2O2S. The van der Waals surface area contributed by atoms with Crippen molar-refractivity contribution in [2.24, 2.45) is 0 Å². The molecule has 1 unspecified atom stereocenters. The van der Waals surface area contributed by atoms with Gasteiger partial charge in [0, 0.05) is 12.2 Å². The normalized spacial score (nSPS) is 18.9. The Balaban J connectivity index is 1.50. The number of ether oxygens (including phenoxy) is 1. The fourth-order valence-electron chi connectivity index (χ4n) is 4.24. The van der Waals surface area contributed by atoms with Crippen LogP contribution in [0.15, 0.2) is 42.5 Å². The maximum Gasteiger partial charge on any atom is 0.260 e. The summed E-state index contributed by atoms with van der Waals surface area (Å²) in [5, 5.41) is 0.763. The lowest BCUT2D eigenvalue weighted by Crippen LogP contribution is -2.37. The van der Waals surface area contributed by atoms with Gasteiger partial charge in [-0.25, -0.2) is 4.98 Å². The van der Waals surface area contributed by atoms with Crippen LogP contribution < -0.4 is 4.90 Å². The highest BCUT2D eigenvalue weighted by atomic mass is 32.1. The Labute approximate surface area is 169 Å². The molecule has 1 amide bonds. The molecule has 1 fully saturated rings. The van der Waals surface area contributed by atoms with Gasteiger partial charge in [0.05, 0.1) is 22.9 Å². The van der Waals surface area contributed by atoms with Gasteiger partial charge in [-0.3, -0.25) is 9.69 Å². The van der Waals surface area contributed by atoms with E-state index >= 15 is 0 Å². The van der Waals surface area contributed by atoms with Crippen molar-refractivity contribution in [3.63, 3.8) is 0 Å². The molecule has 2 aliphatic rings. The standard InChI is InChI=1S/C23H24N2O2S/c26-22(18-12-11-16-6-1-2-7-17(16)14-18)25(15-19-8-5-13-27-19)23-24-20-9-3-4-10-21(20)28-23/h3-4,9-12,14,19H,1-2,5-8,13,15H2. The molecule has 1 saturated heterocycles. The van der Waals surface area contributed by atoms with E-state index in [-0.39, 0.29) is 12.0 Å². The van der Waals surface area contributed by atoms with Crippen LogP contribution in [-0.4, -0.2) is 30.1 Å². The number of nitrogens with zero attached hydrogens (tertiary/aromatic N) is 2. The first kappa shape index (κ1) is 17.8. The molecule has 1 aromatic heterocycles. The smallest absolute Gasteiger partial charge is 0.260 e. The number of aromatic nitrogens is 1. The molecule has 0 bridgehead atoms. The number of thiazole rings is 1. The van der Waals surface area contributed by atoms with E-state index in [4.69, 9.17) is 9.72 Å². The second-order valence-corrected chi connectivity index (χ2v) is 8.71. The fraction of sp³-hybridized carbons (Fsp3) is 0.391. The van der Waals surface area contributed by atoms with Crippen molar-refractivity contribution >= 4 is 32.6 Å². The summed E-state index contributed by atoms with van der Waals surface area (Å²) in [7, 11) is 0. The van der Waals surface area contributed by atoms with Crippen LogP contribution in [0.25, 0.3) is 10.2 Å². The second-order valence-electron chi connectivity index (χ2n) is 7.71. The van der Waals surface area contributed by atoms with E-state index in [9.17, 15) is 4.79 Å². The average Bonchev–Trinajstić information content (AvgIpc) is 3.40. The van der Waals surface area contributed by atoms with Gasteiger partial charge >= 0.3 is 0 Å². The minimum atomic E-state index is 0.0305. The van der Waals surface area contributed by atoms with Crippen LogP contribution in [-0.2, 0) is 17.6 Å². The predicted octanol–water partition coefficient (Wildman–Crippen LogP) is 5.00. The van der Waals surface area contributed by atoms with Crippen LogP contribution in [0, 0.1) is 0 Å². The minimum Gasteiger partial charge on any atom is -0.376 e. The second kappa shape index (κ2) is 7.64. The first-order valence-corrected chi connectivity index (χ1v) is 11.0. The number of hydrogen-bond acceptors (Lipinski definition) is 4. The highest BCUT2D eigenvalue weighted by Crippen LogP contribution is 2.31. The molecule has 0 saturated carbocycles. The van der Waals surface area contributed by atoms with E-state index in [1.54, 1.807) is 11.3 Å². The number of carbonyl (C=O) groups excluding carboxylic acids is 1. The molecule has 1 atom stereocenters. The van der Waals surface area contributed by atoms with Gasteiger partial charge in [0.25, 0.3) is 5.91 Å². The molecule has 5 rings (SSSR count). The summed E-state index contributed by atoms with van der Waals surface area (Å²) in [4.78, 5) is 20.1. The molecule has 0 radical (unpaired) electrons. The Morgan fingerprint density at radius 2 is 1.96 bits per heavy atom. The summed E-state index contributed by atoms with van der Waals surface area (Å²) in [6, 6.07) is 14.3. The molecule has 2 aromatic carbocycles. The quantitative estimate of drug-likeness (QED) is 0.627. The highest BCUT2D eigenvalue weighted by Gasteiger charge is 2.27.